The Hall–Kier alpha value is -2.28. The number of nitro groups is 1. The summed E-state index contributed by atoms with van der Waals surface area (Å²) < 4.78 is 1.74. The number of hydrogen-bond donors (Lipinski definition) is 1. The van der Waals surface area contributed by atoms with Crippen LogP contribution in [0.3, 0.4) is 0 Å². The molecule has 0 radical (unpaired) electrons. The van der Waals surface area contributed by atoms with Crippen LogP contribution in [-0.2, 0) is 6.54 Å². The highest BCUT2D eigenvalue weighted by atomic mass is 16.6. The molecule has 0 aliphatic rings. The van der Waals surface area contributed by atoms with E-state index in [-0.39, 0.29) is 12.3 Å². The van der Waals surface area contributed by atoms with Crippen molar-refractivity contribution in [3.8, 4) is 11.4 Å². The van der Waals surface area contributed by atoms with Crippen LogP contribution in [0.2, 0.25) is 0 Å². The number of aryl methyl sites for hydroxylation is 1. The van der Waals surface area contributed by atoms with Crippen LogP contribution in [-0.4, -0.2) is 31.4 Å². The molecular weight excluding hydrogens is 260 g/mol. The van der Waals surface area contributed by atoms with Gasteiger partial charge in [-0.25, -0.2) is 4.98 Å². The molecule has 0 aliphatic heterocycles. The monoisotopic (exact) mass is 276 g/mol. The van der Waals surface area contributed by atoms with E-state index in [1.54, 1.807) is 23.1 Å². The van der Waals surface area contributed by atoms with Crippen molar-refractivity contribution in [1.82, 2.24) is 14.8 Å². The van der Waals surface area contributed by atoms with Crippen molar-refractivity contribution in [3.63, 3.8) is 0 Å². The van der Waals surface area contributed by atoms with Crippen LogP contribution in [0.25, 0.3) is 11.4 Å². The molecule has 0 amide bonds. The van der Waals surface area contributed by atoms with Crippen molar-refractivity contribution in [1.29, 1.82) is 0 Å². The Balaban J connectivity index is 1.99. The molecule has 7 heteroatoms. The third-order valence-electron chi connectivity index (χ3n) is 2.92. The summed E-state index contributed by atoms with van der Waals surface area (Å²) in [6.45, 7) is 0.964. The summed E-state index contributed by atoms with van der Waals surface area (Å²) in [5.74, 6) is 0.557. The molecule has 2 rings (SSSR count). The Labute approximate surface area is 116 Å². The minimum absolute atomic E-state index is 0.0530. The summed E-state index contributed by atoms with van der Waals surface area (Å²) in [6.07, 6.45) is 4.33. The molecule has 0 fully saturated rings. The molecule has 0 unspecified atom stereocenters. The molecule has 0 bridgehead atoms. The Morgan fingerprint density at radius 3 is 2.60 bits per heavy atom. The van der Waals surface area contributed by atoms with Gasteiger partial charge in [0.05, 0.1) is 4.92 Å². The molecule has 0 saturated carbocycles. The smallest absolute Gasteiger partial charge is 0.269 e. The summed E-state index contributed by atoms with van der Waals surface area (Å²) in [7, 11) is 0. The normalized spacial score (nSPS) is 10.7. The van der Waals surface area contributed by atoms with Crippen molar-refractivity contribution in [3.05, 3.63) is 40.7 Å². The van der Waals surface area contributed by atoms with E-state index in [4.69, 9.17) is 5.11 Å². The number of unbranched alkanes of at least 4 members (excludes halogenated alkanes) is 2. The molecule has 106 valence electrons. The highest BCUT2D eigenvalue weighted by Gasteiger charge is 2.08. The van der Waals surface area contributed by atoms with Gasteiger partial charge in [0.1, 0.15) is 6.33 Å². The highest BCUT2D eigenvalue weighted by molar-refractivity contribution is 5.56. The second-order valence-electron chi connectivity index (χ2n) is 4.42. The molecule has 0 saturated heterocycles. The Morgan fingerprint density at radius 1 is 1.20 bits per heavy atom. The molecule has 2 aromatic rings. The van der Waals surface area contributed by atoms with Crippen molar-refractivity contribution < 1.29 is 10.0 Å². The van der Waals surface area contributed by atoms with E-state index < -0.39 is 4.92 Å². The highest BCUT2D eigenvalue weighted by Crippen LogP contribution is 2.18. The maximum atomic E-state index is 10.6. The van der Waals surface area contributed by atoms with Gasteiger partial charge in [-0.1, -0.05) is 0 Å². The molecule has 0 aliphatic carbocycles. The number of aliphatic hydroxyl groups excluding tert-OH is 1. The Morgan fingerprint density at radius 2 is 1.95 bits per heavy atom. The quantitative estimate of drug-likeness (QED) is 0.474. The number of nitrogens with zero attached hydrogens (tertiary/aromatic N) is 4. The average Bonchev–Trinajstić information content (AvgIpc) is 2.92. The number of rotatable bonds is 7. The topological polar surface area (TPSA) is 94.1 Å². The van der Waals surface area contributed by atoms with E-state index in [2.05, 4.69) is 10.1 Å². The second kappa shape index (κ2) is 6.76. The Bertz CT molecular complexity index is 565. The van der Waals surface area contributed by atoms with Gasteiger partial charge in [0.25, 0.3) is 5.69 Å². The summed E-state index contributed by atoms with van der Waals surface area (Å²) in [6, 6.07) is 6.17. The van der Waals surface area contributed by atoms with E-state index in [1.165, 1.54) is 12.1 Å². The van der Waals surface area contributed by atoms with Crippen molar-refractivity contribution >= 4 is 5.69 Å². The first-order valence-electron chi connectivity index (χ1n) is 6.46. The van der Waals surface area contributed by atoms with Gasteiger partial charge >= 0.3 is 0 Å². The standard InChI is InChI=1S/C13H16N4O3/c18-9-3-1-2-8-16-10-14-13(15-16)11-4-6-12(7-5-11)17(19)20/h4-7,10,18H,1-3,8-9H2. The number of benzene rings is 1. The largest absolute Gasteiger partial charge is 0.396 e. The van der Waals surface area contributed by atoms with Crippen LogP contribution in [0.15, 0.2) is 30.6 Å². The van der Waals surface area contributed by atoms with Crippen LogP contribution in [0, 0.1) is 10.1 Å². The maximum absolute atomic E-state index is 10.6. The first-order valence-corrected chi connectivity index (χ1v) is 6.46. The number of nitro benzene ring substituents is 1. The predicted octanol–water partition coefficient (Wildman–Crippen LogP) is 2.02. The fourth-order valence-corrected chi connectivity index (χ4v) is 1.83. The molecular formula is C13H16N4O3. The number of aliphatic hydroxyl groups is 1. The van der Waals surface area contributed by atoms with Gasteiger partial charge in [0, 0.05) is 30.8 Å². The molecule has 7 nitrogen and oxygen atoms in total. The van der Waals surface area contributed by atoms with Crippen LogP contribution in [0.5, 0.6) is 0 Å². The zero-order valence-electron chi connectivity index (χ0n) is 11.0. The van der Waals surface area contributed by atoms with E-state index in [0.717, 1.165) is 31.4 Å². The van der Waals surface area contributed by atoms with Gasteiger partial charge in [-0.15, -0.1) is 0 Å². The van der Waals surface area contributed by atoms with Gasteiger partial charge in [-0.2, -0.15) is 5.10 Å². The first-order chi connectivity index (χ1) is 9.70. The van der Waals surface area contributed by atoms with E-state index in [9.17, 15) is 10.1 Å². The average molecular weight is 276 g/mol. The minimum Gasteiger partial charge on any atom is -0.396 e. The fraction of sp³-hybridized carbons (Fsp3) is 0.385. The number of hydrogen-bond acceptors (Lipinski definition) is 5. The number of non-ortho nitro benzene ring substituents is 1. The molecule has 1 heterocycles. The molecule has 1 aromatic heterocycles. The fourth-order valence-electron chi connectivity index (χ4n) is 1.83. The summed E-state index contributed by atoms with van der Waals surface area (Å²) in [5.41, 5.74) is 0.807. The summed E-state index contributed by atoms with van der Waals surface area (Å²) in [4.78, 5) is 14.3. The molecule has 0 atom stereocenters. The van der Waals surface area contributed by atoms with Gasteiger partial charge < -0.3 is 5.11 Å². The van der Waals surface area contributed by atoms with Crippen molar-refractivity contribution in [2.24, 2.45) is 0 Å². The second-order valence-corrected chi connectivity index (χ2v) is 4.42. The SMILES string of the molecule is O=[N+]([O-])c1ccc(-c2ncn(CCCCCO)n2)cc1. The van der Waals surface area contributed by atoms with Crippen LogP contribution in [0.1, 0.15) is 19.3 Å². The van der Waals surface area contributed by atoms with E-state index in [1.807, 2.05) is 0 Å². The van der Waals surface area contributed by atoms with Crippen LogP contribution >= 0.6 is 0 Å². The predicted molar refractivity (Wildman–Crippen MR) is 73.0 cm³/mol. The van der Waals surface area contributed by atoms with Gasteiger partial charge in [-0.3, -0.25) is 14.8 Å². The molecule has 1 N–H and O–H groups in total. The maximum Gasteiger partial charge on any atom is 0.269 e. The number of aromatic nitrogens is 3. The van der Waals surface area contributed by atoms with Gasteiger partial charge in [0.15, 0.2) is 5.82 Å². The molecule has 20 heavy (non-hydrogen) atoms. The third-order valence-corrected chi connectivity index (χ3v) is 2.92. The lowest BCUT2D eigenvalue weighted by Crippen LogP contribution is -1.99. The summed E-state index contributed by atoms with van der Waals surface area (Å²) >= 11 is 0. The lowest BCUT2D eigenvalue weighted by atomic mass is 10.2. The lowest BCUT2D eigenvalue weighted by molar-refractivity contribution is -0.384. The molecule has 0 spiro atoms. The lowest BCUT2D eigenvalue weighted by Gasteiger charge is -1.99. The Kier molecular flexibility index (Phi) is 4.78. The zero-order chi connectivity index (χ0) is 14.4. The van der Waals surface area contributed by atoms with E-state index in [0.29, 0.717) is 5.82 Å². The van der Waals surface area contributed by atoms with Gasteiger partial charge in [0.2, 0.25) is 0 Å². The van der Waals surface area contributed by atoms with Crippen LogP contribution < -0.4 is 0 Å². The summed E-state index contributed by atoms with van der Waals surface area (Å²) in [5, 5.41) is 23.6. The molecule has 1 aromatic carbocycles. The minimum atomic E-state index is -0.434. The van der Waals surface area contributed by atoms with E-state index >= 15 is 0 Å². The third kappa shape index (κ3) is 3.61. The first kappa shape index (κ1) is 14.1. The van der Waals surface area contributed by atoms with Crippen molar-refractivity contribution in [2.75, 3.05) is 6.61 Å². The van der Waals surface area contributed by atoms with Crippen molar-refractivity contribution in [2.45, 2.75) is 25.8 Å². The zero-order valence-corrected chi connectivity index (χ0v) is 11.0. The van der Waals surface area contributed by atoms with Gasteiger partial charge in [-0.05, 0) is 31.4 Å². The van der Waals surface area contributed by atoms with Crippen LogP contribution in [0.4, 0.5) is 5.69 Å².